The minimum Gasteiger partial charge on any atom is -0.339 e. The van der Waals surface area contributed by atoms with Crippen LogP contribution < -0.4 is 0 Å². The smallest absolute Gasteiger partial charge is 0.231 e. The van der Waals surface area contributed by atoms with Crippen LogP contribution in [0, 0.1) is 0 Å². The van der Waals surface area contributed by atoms with Crippen molar-refractivity contribution in [3.05, 3.63) is 71.1 Å². The largest absolute Gasteiger partial charge is 0.339 e. The van der Waals surface area contributed by atoms with Gasteiger partial charge in [0.2, 0.25) is 11.7 Å². The van der Waals surface area contributed by atoms with E-state index in [1.165, 1.54) is 0 Å². The Kier molecular flexibility index (Phi) is 4.32. The number of benzene rings is 2. The van der Waals surface area contributed by atoms with Gasteiger partial charge in [-0.1, -0.05) is 65.3 Å². The Balaban J connectivity index is 1.44. The molecule has 1 fully saturated rings. The van der Waals surface area contributed by atoms with Gasteiger partial charge in [-0.05, 0) is 24.6 Å². The number of hydrogen-bond acceptors (Lipinski definition) is 4. The Morgan fingerprint density at radius 3 is 2.71 bits per heavy atom. The van der Waals surface area contributed by atoms with Crippen LogP contribution in [0.5, 0.6) is 0 Å². The molecule has 122 valence electrons. The highest BCUT2D eigenvalue weighted by atomic mass is 35.5. The van der Waals surface area contributed by atoms with Gasteiger partial charge in [-0.2, -0.15) is 4.98 Å². The molecule has 2 aromatic carbocycles. The molecule has 2 heterocycles. The molecule has 1 aliphatic heterocycles. The first-order valence-electron chi connectivity index (χ1n) is 8.14. The average Bonchev–Trinajstić information content (AvgIpc) is 3.27. The molecule has 1 saturated heterocycles. The van der Waals surface area contributed by atoms with E-state index in [0.717, 1.165) is 48.1 Å². The van der Waals surface area contributed by atoms with Crippen molar-refractivity contribution >= 4 is 11.6 Å². The molecule has 0 unspecified atom stereocenters. The van der Waals surface area contributed by atoms with Crippen molar-refractivity contribution in [3.8, 4) is 11.4 Å². The fraction of sp³-hybridized carbons (Fsp3) is 0.263. The van der Waals surface area contributed by atoms with Gasteiger partial charge in [0.25, 0.3) is 0 Å². The predicted molar refractivity (Wildman–Crippen MR) is 93.8 cm³/mol. The maximum absolute atomic E-state index is 6.26. The van der Waals surface area contributed by atoms with E-state index < -0.39 is 0 Å². The highest BCUT2D eigenvalue weighted by Gasteiger charge is 2.28. The monoisotopic (exact) mass is 339 g/mol. The molecule has 0 amide bonds. The lowest BCUT2D eigenvalue weighted by molar-refractivity contribution is 0.309. The van der Waals surface area contributed by atoms with Crippen molar-refractivity contribution in [1.29, 1.82) is 0 Å². The van der Waals surface area contributed by atoms with Crippen LogP contribution in [0.4, 0.5) is 0 Å². The summed E-state index contributed by atoms with van der Waals surface area (Å²) in [5, 5.41) is 4.95. The fourth-order valence-corrected chi connectivity index (χ4v) is 3.35. The van der Waals surface area contributed by atoms with Crippen molar-refractivity contribution in [2.75, 3.05) is 13.1 Å². The van der Waals surface area contributed by atoms with E-state index in [1.54, 1.807) is 0 Å². The van der Waals surface area contributed by atoms with E-state index in [2.05, 4.69) is 21.1 Å². The van der Waals surface area contributed by atoms with E-state index in [9.17, 15) is 0 Å². The van der Waals surface area contributed by atoms with E-state index in [0.29, 0.717) is 5.82 Å². The van der Waals surface area contributed by atoms with E-state index in [1.807, 2.05) is 48.5 Å². The molecule has 0 radical (unpaired) electrons. The molecule has 5 heteroatoms. The van der Waals surface area contributed by atoms with Crippen LogP contribution in [0.15, 0.2) is 59.1 Å². The van der Waals surface area contributed by atoms with E-state index in [-0.39, 0.29) is 5.92 Å². The first-order valence-corrected chi connectivity index (χ1v) is 8.52. The molecule has 1 aromatic heterocycles. The molecule has 0 aliphatic carbocycles. The van der Waals surface area contributed by atoms with Crippen LogP contribution in [0.2, 0.25) is 5.02 Å². The topological polar surface area (TPSA) is 42.2 Å². The predicted octanol–water partition coefficient (Wildman–Crippen LogP) is 4.38. The Morgan fingerprint density at radius 1 is 1.08 bits per heavy atom. The van der Waals surface area contributed by atoms with Gasteiger partial charge in [-0.25, -0.2) is 0 Å². The molecule has 24 heavy (non-hydrogen) atoms. The van der Waals surface area contributed by atoms with Gasteiger partial charge in [0.15, 0.2) is 0 Å². The number of hydrogen-bond donors (Lipinski definition) is 0. The van der Waals surface area contributed by atoms with Crippen molar-refractivity contribution in [2.24, 2.45) is 0 Å². The van der Waals surface area contributed by atoms with Gasteiger partial charge in [-0.3, -0.25) is 4.90 Å². The zero-order valence-electron chi connectivity index (χ0n) is 13.2. The number of rotatable bonds is 4. The zero-order valence-corrected chi connectivity index (χ0v) is 14.0. The van der Waals surface area contributed by atoms with Gasteiger partial charge in [0.1, 0.15) is 0 Å². The third-order valence-electron chi connectivity index (χ3n) is 4.45. The summed E-state index contributed by atoms with van der Waals surface area (Å²) < 4.78 is 5.51. The molecule has 4 rings (SSSR count). The molecule has 1 aliphatic rings. The van der Waals surface area contributed by atoms with Crippen molar-refractivity contribution < 1.29 is 4.52 Å². The fourth-order valence-electron chi connectivity index (χ4n) is 3.15. The van der Waals surface area contributed by atoms with Gasteiger partial charge >= 0.3 is 0 Å². The summed E-state index contributed by atoms with van der Waals surface area (Å²) in [7, 11) is 0. The Morgan fingerprint density at radius 2 is 1.88 bits per heavy atom. The van der Waals surface area contributed by atoms with Crippen LogP contribution in [-0.2, 0) is 6.54 Å². The van der Waals surface area contributed by atoms with Crippen LogP contribution in [0.25, 0.3) is 11.4 Å². The molecular weight excluding hydrogens is 322 g/mol. The SMILES string of the molecule is Clc1ccccc1CN1CC[C@@H](c2nc(-c3ccccc3)no2)C1. The quantitative estimate of drug-likeness (QED) is 0.707. The number of likely N-dealkylation sites (tertiary alicyclic amines) is 1. The molecular formula is C19H18ClN3O. The van der Waals surface area contributed by atoms with Crippen molar-refractivity contribution in [2.45, 2.75) is 18.9 Å². The lowest BCUT2D eigenvalue weighted by Gasteiger charge is -2.16. The molecule has 0 N–H and O–H groups in total. The molecule has 4 nitrogen and oxygen atoms in total. The molecule has 0 bridgehead atoms. The minimum atomic E-state index is 0.289. The third kappa shape index (κ3) is 3.21. The third-order valence-corrected chi connectivity index (χ3v) is 4.82. The Bertz CT molecular complexity index is 818. The van der Waals surface area contributed by atoms with Crippen LogP contribution in [-0.4, -0.2) is 28.1 Å². The molecule has 3 aromatic rings. The van der Waals surface area contributed by atoms with Gasteiger partial charge < -0.3 is 4.52 Å². The average molecular weight is 340 g/mol. The summed E-state index contributed by atoms with van der Waals surface area (Å²) in [6, 6.07) is 17.9. The van der Waals surface area contributed by atoms with Crippen molar-refractivity contribution in [3.63, 3.8) is 0 Å². The maximum Gasteiger partial charge on any atom is 0.231 e. The summed E-state index contributed by atoms with van der Waals surface area (Å²) in [4.78, 5) is 6.98. The number of nitrogens with zero attached hydrogens (tertiary/aromatic N) is 3. The number of halogens is 1. The summed E-state index contributed by atoms with van der Waals surface area (Å²) in [6.07, 6.45) is 1.03. The first-order chi connectivity index (χ1) is 11.8. The maximum atomic E-state index is 6.26. The highest BCUT2D eigenvalue weighted by molar-refractivity contribution is 6.31. The lowest BCUT2D eigenvalue weighted by atomic mass is 10.1. The van der Waals surface area contributed by atoms with E-state index >= 15 is 0 Å². The van der Waals surface area contributed by atoms with Gasteiger partial charge in [0, 0.05) is 23.7 Å². The lowest BCUT2D eigenvalue weighted by Crippen LogP contribution is -2.20. The standard InChI is InChI=1S/C19H18ClN3O/c20-17-9-5-4-8-15(17)12-23-11-10-16(13-23)19-21-18(22-24-19)14-6-2-1-3-7-14/h1-9,16H,10-13H2/t16-/m1/s1. The second-order valence-corrected chi connectivity index (χ2v) is 6.54. The van der Waals surface area contributed by atoms with Gasteiger partial charge in [-0.15, -0.1) is 0 Å². The van der Waals surface area contributed by atoms with Crippen LogP contribution >= 0.6 is 11.6 Å². The first kappa shape index (κ1) is 15.4. The molecule has 0 saturated carbocycles. The van der Waals surface area contributed by atoms with Gasteiger partial charge in [0.05, 0.1) is 5.92 Å². The summed E-state index contributed by atoms with van der Waals surface area (Å²) >= 11 is 6.26. The summed E-state index contributed by atoms with van der Waals surface area (Å²) in [5.41, 5.74) is 2.15. The van der Waals surface area contributed by atoms with Crippen LogP contribution in [0.3, 0.4) is 0 Å². The van der Waals surface area contributed by atoms with Crippen molar-refractivity contribution in [1.82, 2.24) is 15.0 Å². The Labute approximate surface area is 146 Å². The second-order valence-electron chi connectivity index (χ2n) is 6.13. The molecule has 0 spiro atoms. The summed E-state index contributed by atoms with van der Waals surface area (Å²) in [5.74, 6) is 1.68. The minimum absolute atomic E-state index is 0.289. The molecule has 1 atom stereocenters. The zero-order chi connectivity index (χ0) is 16.4. The second kappa shape index (κ2) is 6.75. The van der Waals surface area contributed by atoms with Crippen LogP contribution in [0.1, 0.15) is 23.8 Å². The number of aromatic nitrogens is 2. The van der Waals surface area contributed by atoms with E-state index in [4.69, 9.17) is 16.1 Å². The highest BCUT2D eigenvalue weighted by Crippen LogP contribution is 2.29. The summed E-state index contributed by atoms with van der Waals surface area (Å²) in [6.45, 7) is 2.79. The Hall–Kier alpha value is -2.17. The normalized spacial score (nSPS) is 18.1.